The number of alkyl carbamates (subject to hydrolysis) is 1. The van der Waals surface area contributed by atoms with E-state index in [1.807, 2.05) is 0 Å². The number of aromatic nitrogens is 2. The van der Waals surface area contributed by atoms with Crippen molar-refractivity contribution in [3.05, 3.63) is 11.8 Å². The largest absolute Gasteiger partial charge is 0.444 e. The maximum absolute atomic E-state index is 12.3. The lowest BCUT2D eigenvalue weighted by molar-refractivity contribution is -0.0763. The van der Waals surface area contributed by atoms with Gasteiger partial charge in [-0.2, -0.15) is 5.10 Å². The lowest BCUT2D eigenvalue weighted by Gasteiger charge is -2.19. The van der Waals surface area contributed by atoms with Gasteiger partial charge in [0.2, 0.25) is 0 Å². The minimum Gasteiger partial charge on any atom is -0.444 e. The van der Waals surface area contributed by atoms with Crippen LogP contribution in [-0.4, -0.2) is 66.2 Å². The molecule has 0 atom stereocenters. The Kier molecular flexibility index (Phi) is 7.38. The van der Waals surface area contributed by atoms with Crippen LogP contribution in [0.2, 0.25) is 0 Å². The van der Waals surface area contributed by atoms with Gasteiger partial charge in [-0.05, 0) is 20.8 Å². The Morgan fingerprint density at radius 2 is 1.96 bits per heavy atom. The molecule has 0 radical (unpaired) electrons. The number of hydroxylamine groups is 2. The maximum Gasteiger partial charge on any atom is 0.407 e. The molecule has 1 aromatic rings. The standard InChI is InChI=1S/C15H26N6O5/c1-15(2,3)26-14(24)17-7-8-21-10(12(22)20(5)25-6)9-11(19-21)18-13(23)16-4/h9H,7-8H2,1-6H3,(H,17,24)(H2,16,18,19,23). The summed E-state index contributed by atoms with van der Waals surface area (Å²) in [5.74, 6) is -0.267. The first-order chi connectivity index (χ1) is 12.1. The third-order valence-corrected chi connectivity index (χ3v) is 3.02. The van der Waals surface area contributed by atoms with Crippen LogP contribution in [-0.2, 0) is 16.1 Å². The Hall–Kier alpha value is -2.82. The highest BCUT2D eigenvalue weighted by atomic mass is 16.7. The second-order valence-corrected chi connectivity index (χ2v) is 6.26. The first-order valence-corrected chi connectivity index (χ1v) is 7.93. The molecule has 1 heterocycles. The number of anilines is 1. The summed E-state index contributed by atoms with van der Waals surface area (Å²) < 4.78 is 6.50. The van der Waals surface area contributed by atoms with Crippen LogP contribution >= 0.6 is 0 Å². The van der Waals surface area contributed by atoms with Crippen molar-refractivity contribution in [2.45, 2.75) is 32.9 Å². The molecule has 0 saturated carbocycles. The van der Waals surface area contributed by atoms with Crippen molar-refractivity contribution in [3.8, 4) is 0 Å². The molecule has 11 nitrogen and oxygen atoms in total. The van der Waals surface area contributed by atoms with Crippen molar-refractivity contribution in [2.24, 2.45) is 0 Å². The van der Waals surface area contributed by atoms with Crippen LogP contribution in [0.5, 0.6) is 0 Å². The number of urea groups is 1. The minimum atomic E-state index is -0.608. The highest BCUT2D eigenvalue weighted by molar-refractivity contribution is 5.94. The quantitative estimate of drug-likeness (QED) is 0.636. The SMILES string of the molecule is CNC(=O)Nc1cc(C(=O)N(C)OC)n(CCNC(=O)OC(C)(C)C)n1. The molecule has 1 rings (SSSR count). The Labute approximate surface area is 151 Å². The maximum atomic E-state index is 12.3. The van der Waals surface area contributed by atoms with Crippen molar-refractivity contribution in [2.75, 3.05) is 33.1 Å². The van der Waals surface area contributed by atoms with Gasteiger partial charge in [-0.1, -0.05) is 0 Å². The molecule has 0 spiro atoms. The van der Waals surface area contributed by atoms with E-state index < -0.39 is 23.6 Å². The molecule has 26 heavy (non-hydrogen) atoms. The molecule has 4 amide bonds. The lowest BCUT2D eigenvalue weighted by atomic mass is 10.2. The second-order valence-electron chi connectivity index (χ2n) is 6.26. The Balaban J connectivity index is 2.85. The summed E-state index contributed by atoms with van der Waals surface area (Å²) in [5.41, 5.74) is -0.422. The zero-order valence-corrected chi connectivity index (χ0v) is 15.9. The van der Waals surface area contributed by atoms with Crippen molar-refractivity contribution in [3.63, 3.8) is 0 Å². The first kappa shape index (κ1) is 21.2. The van der Waals surface area contributed by atoms with Crippen molar-refractivity contribution in [1.29, 1.82) is 0 Å². The van der Waals surface area contributed by atoms with E-state index in [-0.39, 0.29) is 24.6 Å². The minimum absolute atomic E-state index is 0.174. The van der Waals surface area contributed by atoms with Crippen LogP contribution < -0.4 is 16.0 Å². The van der Waals surface area contributed by atoms with E-state index in [9.17, 15) is 14.4 Å². The highest BCUT2D eigenvalue weighted by Crippen LogP contribution is 2.12. The molecule has 3 N–H and O–H groups in total. The molecular weight excluding hydrogens is 344 g/mol. The van der Waals surface area contributed by atoms with E-state index in [4.69, 9.17) is 9.57 Å². The molecule has 0 bridgehead atoms. The number of nitrogens with zero attached hydrogens (tertiary/aromatic N) is 3. The third kappa shape index (κ3) is 6.59. The van der Waals surface area contributed by atoms with Gasteiger partial charge in [0, 0.05) is 26.7 Å². The van der Waals surface area contributed by atoms with Gasteiger partial charge >= 0.3 is 12.1 Å². The van der Waals surface area contributed by atoms with Gasteiger partial charge in [-0.15, -0.1) is 0 Å². The highest BCUT2D eigenvalue weighted by Gasteiger charge is 2.20. The molecule has 0 unspecified atom stereocenters. The predicted molar refractivity (Wildman–Crippen MR) is 93.6 cm³/mol. The van der Waals surface area contributed by atoms with Gasteiger partial charge in [0.15, 0.2) is 5.82 Å². The zero-order chi connectivity index (χ0) is 19.9. The van der Waals surface area contributed by atoms with Gasteiger partial charge in [0.25, 0.3) is 5.91 Å². The first-order valence-electron chi connectivity index (χ1n) is 7.93. The topological polar surface area (TPSA) is 127 Å². The lowest BCUT2D eigenvalue weighted by Crippen LogP contribution is -2.35. The number of ether oxygens (including phenoxy) is 1. The molecule has 1 aromatic heterocycles. The Morgan fingerprint density at radius 1 is 1.31 bits per heavy atom. The number of carbonyl (C=O) groups excluding carboxylic acids is 3. The van der Waals surface area contributed by atoms with E-state index in [0.29, 0.717) is 0 Å². The number of carbonyl (C=O) groups is 3. The van der Waals surface area contributed by atoms with E-state index >= 15 is 0 Å². The fraction of sp³-hybridized carbons (Fsp3) is 0.600. The molecule has 0 aliphatic heterocycles. The van der Waals surface area contributed by atoms with E-state index in [0.717, 1.165) is 5.06 Å². The van der Waals surface area contributed by atoms with Crippen LogP contribution in [0.3, 0.4) is 0 Å². The van der Waals surface area contributed by atoms with Crippen LogP contribution in [0.25, 0.3) is 0 Å². The number of nitrogens with one attached hydrogen (secondary N) is 3. The van der Waals surface area contributed by atoms with E-state index in [1.165, 1.54) is 32.0 Å². The van der Waals surface area contributed by atoms with Gasteiger partial charge in [-0.3, -0.25) is 19.6 Å². The average Bonchev–Trinajstić information content (AvgIpc) is 2.94. The molecule has 0 aromatic carbocycles. The van der Waals surface area contributed by atoms with Gasteiger partial charge in [0.1, 0.15) is 11.3 Å². The molecule has 146 valence electrons. The Bertz CT molecular complexity index is 651. The monoisotopic (exact) mass is 370 g/mol. The van der Waals surface area contributed by atoms with Gasteiger partial charge in [0.05, 0.1) is 13.7 Å². The molecule has 0 aliphatic carbocycles. The summed E-state index contributed by atoms with van der Waals surface area (Å²) in [5, 5.41) is 12.6. The van der Waals surface area contributed by atoms with Crippen molar-refractivity contribution < 1.29 is 24.0 Å². The summed E-state index contributed by atoms with van der Waals surface area (Å²) in [6, 6.07) is 0.946. The van der Waals surface area contributed by atoms with E-state index in [2.05, 4.69) is 21.0 Å². The number of hydrogen-bond donors (Lipinski definition) is 3. The van der Waals surface area contributed by atoms with Crippen LogP contribution in [0.15, 0.2) is 6.07 Å². The predicted octanol–water partition coefficient (Wildman–Crippen LogP) is 0.792. The number of rotatable bonds is 6. The van der Waals surface area contributed by atoms with Crippen molar-refractivity contribution in [1.82, 2.24) is 25.5 Å². The molecule has 0 saturated heterocycles. The van der Waals surface area contributed by atoms with Crippen LogP contribution in [0.1, 0.15) is 31.3 Å². The smallest absolute Gasteiger partial charge is 0.407 e. The Morgan fingerprint density at radius 3 is 2.50 bits per heavy atom. The summed E-state index contributed by atoms with van der Waals surface area (Å²) in [7, 11) is 4.26. The fourth-order valence-corrected chi connectivity index (χ4v) is 1.82. The normalized spacial score (nSPS) is 10.8. The van der Waals surface area contributed by atoms with Crippen molar-refractivity contribution >= 4 is 23.8 Å². The third-order valence-electron chi connectivity index (χ3n) is 3.02. The second kappa shape index (κ2) is 9.04. The van der Waals surface area contributed by atoms with Crippen LogP contribution in [0, 0.1) is 0 Å². The summed E-state index contributed by atoms with van der Waals surface area (Å²) in [4.78, 5) is 40.4. The molecule has 0 aliphatic rings. The number of amides is 4. The van der Waals surface area contributed by atoms with Gasteiger partial charge < -0.3 is 15.4 Å². The summed E-state index contributed by atoms with van der Waals surface area (Å²) >= 11 is 0. The van der Waals surface area contributed by atoms with Gasteiger partial charge in [-0.25, -0.2) is 14.7 Å². The van der Waals surface area contributed by atoms with E-state index in [1.54, 1.807) is 20.8 Å². The fourth-order valence-electron chi connectivity index (χ4n) is 1.82. The average molecular weight is 370 g/mol. The molecule has 11 heteroatoms. The zero-order valence-electron chi connectivity index (χ0n) is 15.9. The number of hydrogen-bond acceptors (Lipinski definition) is 6. The summed E-state index contributed by atoms with van der Waals surface area (Å²) in [6.45, 7) is 5.64. The summed E-state index contributed by atoms with van der Waals surface area (Å²) in [6.07, 6.45) is -0.574. The molecule has 0 fully saturated rings. The van der Waals surface area contributed by atoms with Crippen LogP contribution in [0.4, 0.5) is 15.4 Å². The molecular formula is C15H26N6O5.